The molecule has 1 unspecified atom stereocenters. The number of dihydropyridines is 1. The minimum atomic E-state index is -0.557. The molecule has 0 fully saturated rings. The van der Waals surface area contributed by atoms with Crippen LogP contribution in [-0.2, 0) is 4.79 Å². The van der Waals surface area contributed by atoms with Crippen molar-refractivity contribution in [1.82, 2.24) is 5.32 Å². The van der Waals surface area contributed by atoms with E-state index in [0.29, 0.717) is 34.2 Å². The number of methoxy groups -OCH3 is 2. The topological polar surface area (TPSA) is 64.0 Å². The predicted octanol–water partition coefficient (Wildman–Crippen LogP) is 5.53. The zero-order chi connectivity index (χ0) is 23.1. The molecular weight excluding hydrogens is 422 g/mol. The van der Waals surface area contributed by atoms with E-state index in [-0.39, 0.29) is 5.91 Å². The first kappa shape index (κ1) is 23.3. The number of anilines is 1. The van der Waals surface area contributed by atoms with Gasteiger partial charge in [-0.15, -0.1) is 11.8 Å². The molecule has 0 saturated carbocycles. The lowest BCUT2D eigenvalue weighted by Gasteiger charge is -2.30. The number of thioether (sulfide) groups is 1. The van der Waals surface area contributed by atoms with E-state index < -0.39 is 5.92 Å². The maximum absolute atomic E-state index is 13.6. The molecule has 2 aromatic rings. The summed E-state index contributed by atoms with van der Waals surface area (Å²) in [5.74, 6) is 1.22. The second kappa shape index (κ2) is 10.8. The Morgan fingerprint density at radius 3 is 2.44 bits per heavy atom. The summed E-state index contributed by atoms with van der Waals surface area (Å²) in [6.07, 6.45) is 0.977. The standard InChI is InChI=1S/C25H27N3O3S/c1-6-15-32-25-23(26-3)22(17-11-7-9-13-19(17)30-4)21(16(2)27-25)24(29)28-18-12-8-10-14-20(18)31-5/h7-14,22,27H,6,15H2,1-2,4-5H3,(H,28,29). The number of carbonyl (C=O) groups excluding carboxylic acids is 1. The van der Waals surface area contributed by atoms with Gasteiger partial charge in [0, 0.05) is 11.3 Å². The number of allylic oxidation sites excluding steroid dienone is 2. The van der Waals surface area contributed by atoms with Crippen LogP contribution in [0.4, 0.5) is 5.69 Å². The van der Waals surface area contributed by atoms with Crippen LogP contribution in [0.5, 0.6) is 11.5 Å². The number of para-hydroxylation sites is 3. The average Bonchev–Trinajstić information content (AvgIpc) is 2.82. The lowest BCUT2D eigenvalue weighted by molar-refractivity contribution is -0.113. The summed E-state index contributed by atoms with van der Waals surface area (Å²) in [6.45, 7) is 11.9. The van der Waals surface area contributed by atoms with Crippen LogP contribution in [0.25, 0.3) is 4.85 Å². The van der Waals surface area contributed by atoms with Crippen molar-refractivity contribution in [3.8, 4) is 11.5 Å². The Hall–Kier alpha value is -3.37. The fourth-order valence-corrected chi connectivity index (χ4v) is 4.61. The minimum Gasteiger partial charge on any atom is -0.496 e. The number of hydrogen-bond acceptors (Lipinski definition) is 5. The molecule has 1 amide bonds. The maximum Gasteiger partial charge on any atom is 0.253 e. The van der Waals surface area contributed by atoms with Gasteiger partial charge in [0.25, 0.3) is 5.91 Å². The summed E-state index contributed by atoms with van der Waals surface area (Å²) in [7, 11) is 3.16. The van der Waals surface area contributed by atoms with Crippen molar-refractivity contribution in [3.63, 3.8) is 0 Å². The third kappa shape index (κ3) is 4.76. The highest BCUT2D eigenvalue weighted by Crippen LogP contribution is 2.45. The van der Waals surface area contributed by atoms with Crippen molar-refractivity contribution in [2.45, 2.75) is 26.2 Å². The summed E-state index contributed by atoms with van der Waals surface area (Å²) >= 11 is 1.60. The number of ether oxygens (including phenoxy) is 2. The van der Waals surface area contributed by atoms with Gasteiger partial charge in [0.15, 0.2) is 0 Å². The number of nitrogens with one attached hydrogen (secondary N) is 2. The molecule has 1 atom stereocenters. The first-order valence-electron chi connectivity index (χ1n) is 10.3. The van der Waals surface area contributed by atoms with E-state index in [2.05, 4.69) is 22.4 Å². The molecule has 0 saturated heterocycles. The number of hydrogen-bond donors (Lipinski definition) is 2. The number of benzene rings is 2. The molecule has 3 rings (SSSR count). The van der Waals surface area contributed by atoms with E-state index in [9.17, 15) is 4.79 Å². The molecule has 32 heavy (non-hydrogen) atoms. The molecule has 6 nitrogen and oxygen atoms in total. The fourth-order valence-electron chi connectivity index (χ4n) is 3.66. The van der Waals surface area contributed by atoms with Gasteiger partial charge in [0.1, 0.15) is 11.5 Å². The Kier molecular flexibility index (Phi) is 7.85. The minimum absolute atomic E-state index is 0.295. The van der Waals surface area contributed by atoms with E-state index in [4.69, 9.17) is 16.0 Å². The van der Waals surface area contributed by atoms with Crippen LogP contribution >= 0.6 is 11.8 Å². The molecule has 1 aliphatic rings. The van der Waals surface area contributed by atoms with Crippen LogP contribution in [0.15, 0.2) is 70.5 Å². The summed E-state index contributed by atoms with van der Waals surface area (Å²) < 4.78 is 11.0. The Labute approximate surface area is 193 Å². The van der Waals surface area contributed by atoms with Crippen molar-refractivity contribution in [3.05, 3.63) is 87.5 Å². The molecule has 0 bridgehead atoms. The maximum atomic E-state index is 13.6. The number of amides is 1. The van der Waals surface area contributed by atoms with E-state index in [1.54, 1.807) is 38.1 Å². The zero-order valence-electron chi connectivity index (χ0n) is 18.7. The van der Waals surface area contributed by atoms with Crippen molar-refractivity contribution >= 4 is 23.4 Å². The van der Waals surface area contributed by atoms with Crippen molar-refractivity contribution in [1.29, 1.82) is 0 Å². The van der Waals surface area contributed by atoms with Gasteiger partial charge in [-0.1, -0.05) is 37.3 Å². The Balaban J connectivity index is 2.12. The second-order valence-corrected chi connectivity index (χ2v) is 8.27. The molecule has 0 radical (unpaired) electrons. The molecule has 7 heteroatoms. The second-order valence-electron chi connectivity index (χ2n) is 7.17. The summed E-state index contributed by atoms with van der Waals surface area (Å²) in [5.41, 5.74) is 3.02. The lowest BCUT2D eigenvalue weighted by Crippen LogP contribution is -2.30. The molecule has 2 aromatic carbocycles. The molecule has 1 heterocycles. The van der Waals surface area contributed by atoms with Gasteiger partial charge >= 0.3 is 0 Å². The van der Waals surface area contributed by atoms with Crippen LogP contribution in [0, 0.1) is 6.57 Å². The highest BCUT2D eigenvalue weighted by atomic mass is 32.2. The van der Waals surface area contributed by atoms with Crippen LogP contribution in [0.2, 0.25) is 0 Å². The van der Waals surface area contributed by atoms with Crippen LogP contribution < -0.4 is 20.1 Å². The van der Waals surface area contributed by atoms with Gasteiger partial charge in [-0.2, -0.15) is 0 Å². The molecule has 0 spiro atoms. The number of nitrogens with zero attached hydrogens (tertiary/aromatic N) is 1. The average molecular weight is 450 g/mol. The van der Waals surface area contributed by atoms with Gasteiger partial charge in [-0.25, -0.2) is 4.85 Å². The Morgan fingerprint density at radius 2 is 1.78 bits per heavy atom. The highest BCUT2D eigenvalue weighted by molar-refractivity contribution is 8.03. The predicted molar refractivity (Wildman–Crippen MR) is 130 cm³/mol. The summed E-state index contributed by atoms with van der Waals surface area (Å²) in [6, 6.07) is 14.8. The van der Waals surface area contributed by atoms with Gasteiger partial charge in [0.2, 0.25) is 5.70 Å². The van der Waals surface area contributed by atoms with Gasteiger partial charge in [-0.05, 0) is 42.9 Å². The molecule has 0 aliphatic carbocycles. The molecule has 166 valence electrons. The smallest absolute Gasteiger partial charge is 0.253 e. The SMILES string of the molecule is [C-]#[N+]C1=C(SCCC)NC(C)=C(C(=O)Nc2ccccc2OC)C1c1ccccc1OC. The van der Waals surface area contributed by atoms with Crippen LogP contribution in [-0.4, -0.2) is 25.9 Å². The Bertz CT molecular complexity index is 1100. The van der Waals surface area contributed by atoms with E-state index in [1.165, 1.54) is 0 Å². The van der Waals surface area contributed by atoms with Crippen LogP contribution in [0.1, 0.15) is 31.7 Å². The third-order valence-electron chi connectivity index (χ3n) is 5.12. The van der Waals surface area contributed by atoms with Crippen LogP contribution in [0.3, 0.4) is 0 Å². The normalized spacial score (nSPS) is 15.7. The van der Waals surface area contributed by atoms with Crippen molar-refractivity contribution in [2.24, 2.45) is 0 Å². The van der Waals surface area contributed by atoms with E-state index >= 15 is 0 Å². The van der Waals surface area contributed by atoms with Crippen molar-refractivity contribution < 1.29 is 14.3 Å². The first-order valence-corrected chi connectivity index (χ1v) is 11.3. The monoisotopic (exact) mass is 449 g/mol. The number of carbonyl (C=O) groups is 1. The Morgan fingerprint density at radius 1 is 1.12 bits per heavy atom. The summed E-state index contributed by atoms with van der Waals surface area (Å²) in [4.78, 5) is 17.4. The number of rotatable bonds is 8. The molecular formula is C25H27N3O3S. The van der Waals surface area contributed by atoms with E-state index in [0.717, 1.165) is 22.8 Å². The van der Waals surface area contributed by atoms with Crippen molar-refractivity contribution in [2.75, 3.05) is 25.3 Å². The first-order chi connectivity index (χ1) is 15.5. The van der Waals surface area contributed by atoms with Gasteiger partial charge in [0.05, 0.1) is 37.4 Å². The third-order valence-corrected chi connectivity index (χ3v) is 6.33. The van der Waals surface area contributed by atoms with Gasteiger partial charge in [-0.3, -0.25) is 4.79 Å². The van der Waals surface area contributed by atoms with E-state index in [1.807, 2.05) is 43.3 Å². The quantitative estimate of drug-likeness (QED) is 0.519. The zero-order valence-corrected chi connectivity index (χ0v) is 19.5. The molecule has 1 aliphatic heterocycles. The molecule has 0 aromatic heterocycles. The largest absolute Gasteiger partial charge is 0.496 e. The fraction of sp³-hybridized carbons (Fsp3) is 0.280. The molecule has 2 N–H and O–H groups in total. The van der Waals surface area contributed by atoms with Gasteiger partial charge < -0.3 is 20.1 Å². The lowest BCUT2D eigenvalue weighted by atomic mass is 9.84. The highest BCUT2D eigenvalue weighted by Gasteiger charge is 2.36. The summed E-state index contributed by atoms with van der Waals surface area (Å²) in [5, 5.41) is 7.06.